The lowest BCUT2D eigenvalue weighted by atomic mass is 9.85. The van der Waals surface area contributed by atoms with Crippen LogP contribution in [0.1, 0.15) is 85.0 Å². The first kappa shape index (κ1) is 32.9. The molecule has 2 fully saturated rings. The summed E-state index contributed by atoms with van der Waals surface area (Å²) in [5.41, 5.74) is 4.23. The molecule has 2 aromatic carbocycles. The zero-order valence-corrected chi connectivity index (χ0v) is 27.3. The average Bonchev–Trinajstić information content (AvgIpc) is 3.23. The summed E-state index contributed by atoms with van der Waals surface area (Å²) in [6.45, 7) is 11.8. The molecule has 2 atom stereocenters. The number of nitrogens with zero attached hydrogens (tertiary/aromatic N) is 5. The van der Waals surface area contributed by atoms with Gasteiger partial charge in [0.15, 0.2) is 0 Å². The summed E-state index contributed by atoms with van der Waals surface area (Å²) < 4.78 is 13.9. The monoisotopic (exact) mass is 617 g/mol. The molecule has 1 unspecified atom stereocenters. The van der Waals surface area contributed by atoms with Crippen molar-refractivity contribution in [1.82, 2.24) is 19.6 Å². The van der Waals surface area contributed by atoms with E-state index in [9.17, 15) is 24.3 Å². The van der Waals surface area contributed by atoms with Gasteiger partial charge in [-0.2, -0.15) is 5.26 Å². The van der Waals surface area contributed by atoms with Crippen LogP contribution in [0.5, 0.6) is 0 Å². The number of likely N-dealkylation sites (tertiary alicyclic amines) is 1. The van der Waals surface area contributed by atoms with Gasteiger partial charge in [-0.1, -0.05) is 32.9 Å². The number of carboxylic acid groups (broad SMARTS) is 1. The fourth-order valence-corrected chi connectivity index (χ4v) is 7.45. The molecule has 1 N–H and O–H groups in total. The molecule has 0 saturated carbocycles. The van der Waals surface area contributed by atoms with Gasteiger partial charge in [0.25, 0.3) is 5.91 Å². The van der Waals surface area contributed by atoms with E-state index >= 15 is 0 Å². The van der Waals surface area contributed by atoms with Crippen LogP contribution in [0.15, 0.2) is 36.4 Å². The summed E-state index contributed by atoms with van der Waals surface area (Å²) in [6.07, 6.45) is 4.70. The van der Waals surface area contributed by atoms with Gasteiger partial charge in [0.1, 0.15) is 5.82 Å². The van der Waals surface area contributed by atoms with E-state index in [0.717, 1.165) is 87.9 Å². The Bertz CT molecular complexity index is 1410. The third-order valence-electron chi connectivity index (χ3n) is 10.1. The van der Waals surface area contributed by atoms with E-state index in [4.69, 9.17) is 0 Å². The van der Waals surface area contributed by atoms with Crippen molar-refractivity contribution in [3.05, 3.63) is 70.0 Å². The first-order chi connectivity index (χ1) is 21.4. The van der Waals surface area contributed by atoms with Crippen LogP contribution < -0.4 is 0 Å². The molecule has 8 nitrogen and oxygen atoms in total. The lowest BCUT2D eigenvalue weighted by molar-refractivity contribution is 0.0123. The molecule has 0 spiro atoms. The smallest absolute Gasteiger partial charge is 0.407 e. The van der Waals surface area contributed by atoms with Crippen molar-refractivity contribution in [1.29, 1.82) is 5.26 Å². The molecule has 5 rings (SSSR count). The Morgan fingerprint density at radius 2 is 1.78 bits per heavy atom. The summed E-state index contributed by atoms with van der Waals surface area (Å²) in [5, 5.41) is 19.5. The van der Waals surface area contributed by atoms with E-state index in [-0.39, 0.29) is 29.1 Å². The van der Waals surface area contributed by atoms with Crippen molar-refractivity contribution >= 4 is 12.0 Å². The van der Waals surface area contributed by atoms with Crippen LogP contribution in [0.25, 0.3) is 0 Å². The Labute approximate surface area is 267 Å². The van der Waals surface area contributed by atoms with E-state index < -0.39 is 6.09 Å². The summed E-state index contributed by atoms with van der Waals surface area (Å²) in [6, 6.07) is 12.9. The molecule has 2 aliphatic heterocycles. The minimum Gasteiger partial charge on any atom is -0.465 e. The second-order valence-electron chi connectivity index (χ2n) is 14.3. The molecule has 45 heavy (non-hydrogen) atoms. The second-order valence-corrected chi connectivity index (χ2v) is 14.3. The minimum atomic E-state index is -0.833. The van der Waals surface area contributed by atoms with E-state index in [1.54, 1.807) is 15.9 Å². The van der Waals surface area contributed by atoms with Crippen LogP contribution in [-0.4, -0.2) is 102 Å². The Kier molecular flexibility index (Phi) is 10.1. The first-order valence-corrected chi connectivity index (χ1v) is 16.5. The standard InChI is InChI=1S/C36H48FN5O3/c1-36(2,3)33-24-41(15-7-16-42(33)35(44)45)30-22-40(23-30)17-14-28(26-10-12-29(37)13-11-26)21-39(4)34(43)32-19-25(20-38)18-27-8-5-6-9-31(27)32/h10-13,18-19,28,30,33H,5-9,14-17,21-24H2,1-4H3,(H,44,45)/t28-,33?/m1/s1. The lowest BCUT2D eigenvalue weighted by Gasteiger charge is -2.48. The normalized spacial score (nSPS) is 20.4. The quantitative estimate of drug-likeness (QED) is 0.415. The van der Waals surface area contributed by atoms with Crippen molar-refractivity contribution in [2.45, 2.75) is 77.3 Å². The van der Waals surface area contributed by atoms with Crippen molar-refractivity contribution in [2.75, 3.05) is 52.9 Å². The van der Waals surface area contributed by atoms with E-state index in [2.05, 4.69) is 36.6 Å². The average molecular weight is 618 g/mol. The van der Waals surface area contributed by atoms with Crippen LogP contribution in [0.4, 0.5) is 9.18 Å². The van der Waals surface area contributed by atoms with Gasteiger partial charge in [-0.3, -0.25) is 9.69 Å². The van der Waals surface area contributed by atoms with Gasteiger partial charge in [-0.15, -0.1) is 0 Å². The molecule has 0 radical (unpaired) electrons. The zero-order valence-electron chi connectivity index (χ0n) is 27.3. The predicted molar refractivity (Wildman–Crippen MR) is 173 cm³/mol. The molecule has 2 aromatic rings. The minimum absolute atomic E-state index is 0.0289. The number of halogens is 1. The molecule has 0 aromatic heterocycles. The van der Waals surface area contributed by atoms with Crippen LogP contribution in [0.2, 0.25) is 0 Å². The number of fused-ring (bicyclic) bond motifs is 1. The van der Waals surface area contributed by atoms with Gasteiger partial charge < -0.3 is 19.8 Å². The van der Waals surface area contributed by atoms with Crippen molar-refractivity contribution < 1.29 is 19.1 Å². The van der Waals surface area contributed by atoms with Gasteiger partial charge in [-0.05, 0) is 91.4 Å². The zero-order chi connectivity index (χ0) is 32.3. The van der Waals surface area contributed by atoms with Gasteiger partial charge >= 0.3 is 6.09 Å². The molecule has 3 aliphatic rings. The van der Waals surface area contributed by atoms with Crippen LogP contribution in [0.3, 0.4) is 0 Å². The summed E-state index contributed by atoms with van der Waals surface area (Å²) >= 11 is 0. The molecular formula is C36H48FN5O3. The molecule has 0 bridgehead atoms. The largest absolute Gasteiger partial charge is 0.465 e. The Morgan fingerprint density at radius 1 is 1.07 bits per heavy atom. The van der Waals surface area contributed by atoms with E-state index in [1.807, 2.05) is 25.2 Å². The maximum absolute atomic E-state index is 13.9. The number of rotatable bonds is 8. The van der Waals surface area contributed by atoms with Crippen LogP contribution in [-0.2, 0) is 12.8 Å². The number of nitriles is 1. The number of hydrogen-bond acceptors (Lipinski definition) is 5. The van der Waals surface area contributed by atoms with Gasteiger partial charge in [-0.25, -0.2) is 9.18 Å². The fourth-order valence-electron chi connectivity index (χ4n) is 7.45. The van der Waals surface area contributed by atoms with Crippen LogP contribution >= 0.6 is 0 Å². The fraction of sp³-hybridized carbons (Fsp3) is 0.583. The highest BCUT2D eigenvalue weighted by Crippen LogP contribution is 2.31. The van der Waals surface area contributed by atoms with Crippen molar-refractivity contribution in [3.63, 3.8) is 0 Å². The highest BCUT2D eigenvalue weighted by Gasteiger charge is 2.40. The van der Waals surface area contributed by atoms with Crippen molar-refractivity contribution in [2.24, 2.45) is 5.41 Å². The van der Waals surface area contributed by atoms with Gasteiger partial charge in [0.2, 0.25) is 0 Å². The second kappa shape index (κ2) is 13.9. The number of carbonyl (C=O) groups excluding carboxylic acids is 1. The van der Waals surface area contributed by atoms with Gasteiger partial charge in [0, 0.05) is 63.8 Å². The molecular weight excluding hydrogens is 569 g/mol. The highest BCUT2D eigenvalue weighted by molar-refractivity contribution is 5.96. The summed E-state index contributed by atoms with van der Waals surface area (Å²) in [4.78, 5) is 34.1. The highest BCUT2D eigenvalue weighted by atomic mass is 19.1. The third-order valence-corrected chi connectivity index (χ3v) is 10.1. The van der Waals surface area contributed by atoms with Gasteiger partial charge in [0.05, 0.1) is 17.7 Å². The lowest BCUT2D eigenvalue weighted by Crippen LogP contribution is -2.62. The molecule has 2 amide bonds. The number of hydrogen-bond donors (Lipinski definition) is 1. The number of benzene rings is 2. The number of carbonyl (C=O) groups is 2. The van der Waals surface area contributed by atoms with E-state index in [0.29, 0.717) is 30.3 Å². The summed E-state index contributed by atoms with van der Waals surface area (Å²) in [5.74, 6) is -0.313. The predicted octanol–water partition coefficient (Wildman–Crippen LogP) is 5.61. The maximum Gasteiger partial charge on any atom is 0.407 e. The Hall–Kier alpha value is -3.48. The Morgan fingerprint density at radius 3 is 2.44 bits per heavy atom. The molecule has 1 aliphatic carbocycles. The maximum atomic E-state index is 13.9. The van der Waals surface area contributed by atoms with Crippen molar-refractivity contribution in [3.8, 4) is 6.07 Å². The number of amides is 2. The number of likely N-dealkylation sites (N-methyl/N-ethyl adjacent to an activating group) is 1. The third kappa shape index (κ3) is 7.67. The molecule has 2 heterocycles. The van der Waals surface area contributed by atoms with Crippen LogP contribution in [0, 0.1) is 22.6 Å². The number of aryl methyl sites for hydroxylation is 1. The first-order valence-electron chi connectivity index (χ1n) is 16.5. The molecule has 2 saturated heterocycles. The SMILES string of the molecule is CN(C[C@@H](CCN1CC(N2CCCN(C(=O)O)C(C(C)(C)C)C2)C1)c1ccc(F)cc1)C(=O)c1cc(C#N)cc2c1CCCC2. The van der Waals surface area contributed by atoms with E-state index in [1.165, 1.54) is 12.1 Å². The Balaban J connectivity index is 1.24. The molecule has 9 heteroatoms. The molecule has 242 valence electrons. The summed E-state index contributed by atoms with van der Waals surface area (Å²) in [7, 11) is 1.83. The topological polar surface area (TPSA) is 91.1 Å².